The molecule has 1 nitrogen and oxygen atoms in total. The van der Waals surface area contributed by atoms with Crippen LogP contribution < -0.4 is 0 Å². The van der Waals surface area contributed by atoms with E-state index in [2.05, 4.69) is 38.5 Å². The van der Waals surface area contributed by atoms with E-state index in [1.807, 2.05) is 18.2 Å². The standard InChI is InChI=1S/C13H8BrCl2IO/c14-11-3-2-8(17)6-9(11)13(18)10-5-7(15)1-4-12(10)16/h1-6,13,18H. The second-order valence-corrected chi connectivity index (χ2v) is 6.68. The maximum atomic E-state index is 10.4. The van der Waals surface area contributed by atoms with Gasteiger partial charge in [-0.05, 0) is 59.0 Å². The van der Waals surface area contributed by atoms with Crippen molar-refractivity contribution in [2.24, 2.45) is 0 Å². The van der Waals surface area contributed by atoms with Crippen LogP contribution in [0.4, 0.5) is 0 Å². The molecular formula is C13H8BrCl2IO. The van der Waals surface area contributed by atoms with Crippen LogP contribution in [-0.2, 0) is 0 Å². The molecule has 0 amide bonds. The molecule has 94 valence electrons. The number of halogens is 4. The maximum Gasteiger partial charge on any atom is 0.107 e. The minimum atomic E-state index is -0.805. The van der Waals surface area contributed by atoms with Crippen LogP contribution in [-0.4, -0.2) is 5.11 Å². The van der Waals surface area contributed by atoms with Gasteiger partial charge in [0.2, 0.25) is 0 Å². The van der Waals surface area contributed by atoms with Crippen molar-refractivity contribution in [2.45, 2.75) is 6.10 Å². The zero-order chi connectivity index (χ0) is 13.3. The number of hydrogen-bond donors (Lipinski definition) is 1. The van der Waals surface area contributed by atoms with Crippen molar-refractivity contribution in [3.63, 3.8) is 0 Å². The van der Waals surface area contributed by atoms with Crippen molar-refractivity contribution < 1.29 is 5.11 Å². The molecule has 0 saturated heterocycles. The van der Waals surface area contributed by atoms with Crippen LogP contribution in [0.1, 0.15) is 17.2 Å². The first kappa shape index (κ1) is 14.6. The van der Waals surface area contributed by atoms with Gasteiger partial charge >= 0.3 is 0 Å². The highest BCUT2D eigenvalue weighted by molar-refractivity contribution is 14.1. The summed E-state index contributed by atoms with van der Waals surface area (Å²) in [6, 6.07) is 10.8. The number of aliphatic hydroxyl groups excluding tert-OH is 1. The Kier molecular flexibility index (Phi) is 4.94. The summed E-state index contributed by atoms with van der Waals surface area (Å²) in [6.07, 6.45) is -0.805. The van der Waals surface area contributed by atoms with Crippen LogP contribution >= 0.6 is 61.7 Å². The topological polar surface area (TPSA) is 20.2 Å². The third-order valence-electron chi connectivity index (χ3n) is 2.51. The highest BCUT2D eigenvalue weighted by Crippen LogP contribution is 2.34. The molecule has 18 heavy (non-hydrogen) atoms. The van der Waals surface area contributed by atoms with E-state index < -0.39 is 6.10 Å². The number of rotatable bonds is 2. The Labute approximate surface area is 137 Å². The number of hydrogen-bond acceptors (Lipinski definition) is 1. The molecule has 0 aliphatic heterocycles. The van der Waals surface area contributed by atoms with Crippen LogP contribution in [0.3, 0.4) is 0 Å². The highest BCUT2D eigenvalue weighted by atomic mass is 127. The lowest BCUT2D eigenvalue weighted by molar-refractivity contribution is 0.219. The first-order valence-corrected chi connectivity index (χ1v) is 7.70. The lowest BCUT2D eigenvalue weighted by Crippen LogP contribution is -2.02. The van der Waals surface area contributed by atoms with Gasteiger partial charge in [-0.3, -0.25) is 0 Å². The zero-order valence-electron chi connectivity index (χ0n) is 9.00. The van der Waals surface area contributed by atoms with Gasteiger partial charge in [-0.25, -0.2) is 0 Å². The van der Waals surface area contributed by atoms with Crippen LogP contribution in [0.15, 0.2) is 40.9 Å². The molecule has 5 heteroatoms. The summed E-state index contributed by atoms with van der Waals surface area (Å²) in [5.74, 6) is 0. The van der Waals surface area contributed by atoms with Gasteiger partial charge in [-0.15, -0.1) is 0 Å². The predicted octanol–water partition coefficient (Wildman–Crippen LogP) is 5.44. The molecule has 0 heterocycles. The molecule has 0 spiro atoms. The average Bonchev–Trinajstić information content (AvgIpc) is 2.34. The van der Waals surface area contributed by atoms with E-state index in [4.69, 9.17) is 23.2 Å². The smallest absolute Gasteiger partial charge is 0.107 e. The molecule has 0 radical (unpaired) electrons. The summed E-state index contributed by atoms with van der Waals surface area (Å²) < 4.78 is 1.88. The molecule has 0 aliphatic carbocycles. The third-order valence-corrected chi connectivity index (χ3v) is 4.48. The van der Waals surface area contributed by atoms with E-state index in [9.17, 15) is 5.11 Å². The van der Waals surface area contributed by atoms with Crippen molar-refractivity contribution in [3.8, 4) is 0 Å². The third kappa shape index (κ3) is 3.20. The SMILES string of the molecule is OC(c1cc(Cl)ccc1Cl)c1cc(I)ccc1Br. The summed E-state index contributed by atoms with van der Waals surface area (Å²) in [5.41, 5.74) is 1.37. The number of aliphatic hydroxyl groups is 1. The van der Waals surface area contributed by atoms with Crippen molar-refractivity contribution in [1.82, 2.24) is 0 Å². The van der Waals surface area contributed by atoms with E-state index in [0.717, 1.165) is 13.6 Å². The van der Waals surface area contributed by atoms with Gasteiger partial charge in [0.05, 0.1) is 0 Å². The van der Waals surface area contributed by atoms with E-state index >= 15 is 0 Å². The Balaban J connectivity index is 2.50. The summed E-state index contributed by atoms with van der Waals surface area (Å²) in [4.78, 5) is 0. The summed E-state index contributed by atoms with van der Waals surface area (Å²) >= 11 is 17.7. The van der Waals surface area contributed by atoms with Gasteiger partial charge in [0, 0.05) is 29.2 Å². The summed E-state index contributed by atoms with van der Waals surface area (Å²) in [5, 5.41) is 11.5. The predicted molar refractivity (Wildman–Crippen MR) is 87.4 cm³/mol. The Morgan fingerprint density at radius 1 is 1.06 bits per heavy atom. The monoisotopic (exact) mass is 456 g/mol. The van der Waals surface area contributed by atoms with Crippen molar-refractivity contribution >= 4 is 61.7 Å². The molecule has 1 N–H and O–H groups in total. The van der Waals surface area contributed by atoms with E-state index in [1.54, 1.807) is 18.2 Å². The van der Waals surface area contributed by atoms with Crippen LogP contribution in [0, 0.1) is 3.57 Å². The molecule has 0 bridgehead atoms. The van der Waals surface area contributed by atoms with Gasteiger partial charge in [0.15, 0.2) is 0 Å². The summed E-state index contributed by atoms with van der Waals surface area (Å²) in [6.45, 7) is 0. The molecular weight excluding hydrogens is 450 g/mol. The molecule has 0 fully saturated rings. The molecule has 0 aromatic heterocycles. The zero-order valence-corrected chi connectivity index (χ0v) is 14.3. The first-order valence-electron chi connectivity index (χ1n) is 5.07. The molecule has 2 aromatic rings. The normalized spacial score (nSPS) is 12.5. The maximum absolute atomic E-state index is 10.4. The van der Waals surface area contributed by atoms with Crippen LogP contribution in [0.5, 0.6) is 0 Å². The molecule has 1 unspecified atom stereocenters. The fraction of sp³-hybridized carbons (Fsp3) is 0.0769. The van der Waals surface area contributed by atoms with Gasteiger partial charge in [-0.2, -0.15) is 0 Å². The van der Waals surface area contributed by atoms with Crippen LogP contribution in [0.2, 0.25) is 10.0 Å². The quantitative estimate of drug-likeness (QED) is 0.595. The Hall–Kier alpha value is 0.190. The Bertz CT molecular complexity index is 538. The highest BCUT2D eigenvalue weighted by Gasteiger charge is 2.17. The van der Waals surface area contributed by atoms with Crippen molar-refractivity contribution in [3.05, 3.63) is 65.6 Å². The van der Waals surface area contributed by atoms with Crippen LogP contribution in [0.25, 0.3) is 0 Å². The number of benzene rings is 2. The van der Waals surface area contributed by atoms with E-state index in [1.165, 1.54) is 0 Å². The molecule has 0 aliphatic rings. The second kappa shape index (κ2) is 6.09. The van der Waals surface area contributed by atoms with Gasteiger partial charge in [-0.1, -0.05) is 39.1 Å². The minimum absolute atomic E-state index is 0.498. The lowest BCUT2D eigenvalue weighted by Gasteiger charge is -2.15. The minimum Gasteiger partial charge on any atom is -0.384 e. The fourth-order valence-corrected chi connectivity index (χ4v) is 3.00. The van der Waals surface area contributed by atoms with E-state index in [0.29, 0.717) is 15.6 Å². The Morgan fingerprint density at radius 2 is 1.78 bits per heavy atom. The van der Waals surface area contributed by atoms with Crippen molar-refractivity contribution in [2.75, 3.05) is 0 Å². The molecule has 2 rings (SSSR count). The van der Waals surface area contributed by atoms with Crippen molar-refractivity contribution in [1.29, 1.82) is 0 Å². The summed E-state index contributed by atoms with van der Waals surface area (Å²) in [7, 11) is 0. The van der Waals surface area contributed by atoms with Gasteiger partial charge < -0.3 is 5.11 Å². The largest absolute Gasteiger partial charge is 0.384 e. The average molecular weight is 458 g/mol. The fourth-order valence-electron chi connectivity index (χ4n) is 1.62. The second-order valence-electron chi connectivity index (χ2n) is 3.73. The molecule has 1 atom stereocenters. The first-order chi connectivity index (χ1) is 8.49. The van der Waals surface area contributed by atoms with Gasteiger partial charge in [0.1, 0.15) is 6.10 Å². The molecule has 2 aromatic carbocycles. The Morgan fingerprint density at radius 3 is 2.50 bits per heavy atom. The lowest BCUT2D eigenvalue weighted by atomic mass is 10.0. The van der Waals surface area contributed by atoms with E-state index in [-0.39, 0.29) is 0 Å². The van der Waals surface area contributed by atoms with Gasteiger partial charge in [0.25, 0.3) is 0 Å². The molecule has 0 saturated carbocycles.